The van der Waals surface area contributed by atoms with Crippen LogP contribution in [0.3, 0.4) is 0 Å². The average Bonchev–Trinajstić information content (AvgIpc) is 0.913. The summed E-state index contributed by atoms with van der Waals surface area (Å²) in [7, 11) is -3.05. The summed E-state index contributed by atoms with van der Waals surface area (Å²) < 4.78 is 48.8. The van der Waals surface area contributed by atoms with E-state index in [9.17, 15) is 32.4 Å². The van der Waals surface area contributed by atoms with Crippen molar-refractivity contribution in [3.05, 3.63) is 207 Å². The molecule has 0 fully saturated rings. The molecule has 0 aromatic heterocycles. The molecule has 0 atom stereocenters. The summed E-state index contributed by atoms with van der Waals surface area (Å²) in [5, 5.41) is 0. The van der Waals surface area contributed by atoms with Crippen molar-refractivity contribution in [2.75, 3.05) is 6.26 Å². The fourth-order valence-electron chi connectivity index (χ4n) is 8.94. The maximum atomic E-state index is 12.0. The quantitative estimate of drug-likeness (QED) is 0.0706. The number of ether oxygens (including phenoxy) is 5. The number of benzene rings is 6. The first-order valence-electron chi connectivity index (χ1n) is 33.7. The summed E-state index contributed by atoms with van der Waals surface area (Å²) in [6.45, 7) is 53.6. The molecule has 0 heterocycles. The van der Waals surface area contributed by atoms with Crippen LogP contribution in [0.5, 0.6) is 0 Å². The van der Waals surface area contributed by atoms with Crippen LogP contribution in [-0.2, 0) is 67.2 Å². The van der Waals surface area contributed by atoms with Gasteiger partial charge in [-0.05, 0) is 220 Å². The highest BCUT2D eigenvalue weighted by atomic mass is 32.2. The summed E-state index contributed by atoms with van der Waals surface area (Å²) in [6.07, 6.45) is 2.26. The van der Waals surface area contributed by atoms with E-state index >= 15 is 0 Å². The van der Waals surface area contributed by atoms with E-state index in [1.165, 1.54) is 22.9 Å². The Labute approximate surface area is 580 Å². The predicted molar refractivity (Wildman–Crippen MR) is 395 cm³/mol. The van der Waals surface area contributed by atoms with E-state index in [2.05, 4.69) is 113 Å². The highest BCUT2D eigenvalue weighted by molar-refractivity contribution is 7.90. The van der Waals surface area contributed by atoms with Crippen LogP contribution in [0.25, 0.3) is 0 Å². The lowest BCUT2D eigenvalue weighted by Crippen LogP contribution is -2.25. The standard InChI is InChI=1S/3C15H22O2.2C14H20O2.C10H14O2S/c1-11(2)13-8-6-12(7-9-13)10-14(16)17-15(3,4)5;1-11(2)13-8-6-7-12(9-13)10-14(16)17-15(3,4)5;1-11(2)13-9-7-6-8-12(13)10-14(16)17-15(3,4)5;1-10(2)11-7-6-8-12(9-11)13(15)16-14(3,4)5;1-10(2)11-8-6-7-9-12(11)13(15)16-14(3,4)5;1-8(2)9-4-6-10(7-5-9)13(3,11)12/h3*6-9,11H,10H2,1-5H3;2*6-10H,1-5H3;4-8H,1-3H3. The van der Waals surface area contributed by atoms with Crippen molar-refractivity contribution in [2.45, 2.75) is 275 Å². The minimum Gasteiger partial charge on any atom is -0.460 e. The van der Waals surface area contributed by atoms with E-state index in [0.29, 0.717) is 70.8 Å². The van der Waals surface area contributed by atoms with Crippen molar-refractivity contribution in [1.29, 1.82) is 0 Å². The average molecular weight is 1340 g/mol. The van der Waals surface area contributed by atoms with E-state index in [0.717, 1.165) is 33.4 Å². The largest absolute Gasteiger partial charge is 0.460 e. The van der Waals surface area contributed by atoms with Crippen molar-refractivity contribution in [3.8, 4) is 0 Å². The molecule has 6 rings (SSSR count). The third-order valence-electron chi connectivity index (χ3n) is 13.6. The smallest absolute Gasteiger partial charge is 0.338 e. The normalized spacial score (nSPS) is 11.7. The van der Waals surface area contributed by atoms with Gasteiger partial charge >= 0.3 is 29.8 Å². The molecule has 530 valence electrons. The van der Waals surface area contributed by atoms with E-state index in [-0.39, 0.29) is 29.8 Å². The van der Waals surface area contributed by atoms with Gasteiger partial charge in [0, 0.05) is 6.26 Å². The Morgan fingerprint density at radius 1 is 0.333 bits per heavy atom. The van der Waals surface area contributed by atoms with Crippen LogP contribution < -0.4 is 0 Å². The summed E-state index contributed by atoms with van der Waals surface area (Å²) in [5.74, 6) is 1.61. The van der Waals surface area contributed by atoms with Gasteiger partial charge in [0.1, 0.15) is 28.0 Å². The molecule has 0 aliphatic heterocycles. The first-order chi connectivity index (χ1) is 43.9. The van der Waals surface area contributed by atoms with Crippen molar-refractivity contribution in [1.82, 2.24) is 0 Å². The van der Waals surface area contributed by atoms with Gasteiger partial charge in [0.25, 0.3) is 0 Å². The highest BCUT2D eigenvalue weighted by Crippen LogP contribution is 2.25. The Morgan fingerprint density at radius 3 is 1.09 bits per heavy atom. The van der Waals surface area contributed by atoms with Gasteiger partial charge in [0.05, 0.1) is 35.3 Å². The van der Waals surface area contributed by atoms with Gasteiger partial charge in [-0.1, -0.05) is 198 Å². The van der Waals surface area contributed by atoms with Crippen LogP contribution in [0.1, 0.15) is 293 Å². The zero-order valence-corrected chi connectivity index (χ0v) is 64.6. The van der Waals surface area contributed by atoms with E-state index in [4.69, 9.17) is 23.7 Å². The van der Waals surface area contributed by atoms with Crippen LogP contribution in [0.4, 0.5) is 0 Å². The SMILES string of the molecule is CC(C)c1ccc(CC(=O)OC(C)(C)C)cc1.CC(C)c1ccc(S(C)(=O)=O)cc1.CC(C)c1cccc(C(=O)OC(C)(C)C)c1.CC(C)c1cccc(CC(=O)OC(C)(C)C)c1.CC(C)c1ccccc1C(=O)OC(C)(C)C.CC(C)c1ccccc1CC(=O)OC(C)(C)C. The monoisotopic (exact) mass is 1340 g/mol. The molecule has 0 amide bonds. The van der Waals surface area contributed by atoms with Crippen LogP contribution >= 0.6 is 0 Å². The minimum absolute atomic E-state index is 0.161. The Hall–Kier alpha value is -7.38. The molecule has 0 spiro atoms. The lowest BCUT2D eigenvalue weighted by molar-refractivity contribution is -0.155. The van der Waals surface area contributed by atoms with Crippen molar-refractivity contribution in [2.24, 2.45) is 0 Å². The van der Waals surface area contributed by atoms with Crippen LogP contribution in [-0.4, -0.2) is 72.5 Å². The second-order valence-corrected chi connectivity index (χ2v) is 33.0. The molecule has 0 aliphatic carbocycles. The summed E-state index contributed by atoms with van der Waals surface area (Å²) in [5.41, 5.74) is 9.40. The maximum absolute atomic E-state index is 12.0. The molecule has 12 nitrogen and oxygen atoms in total. The second-order valence-electron chi connectivity index (χ2n) is 31.0. The minimum atomic E-state index is -3.05. The zero-order chi connectivity index (χ0) is 73.9. The Bertz CT molecular complexity index is 3460. The zero-order valence-electron chi connectivity index (χ0n) is 63.7. The van der Waals surface area contributed by atoms with E-state index < -0.39 is 37.8 Å². The lowest BCUT2D eigenvalue weighted by atomic mass is 9.95. The van der Waals surface area contributed by atoms with Gasteiger partial charge in [-0.15, -0.1) is 0 Å². The molecule has 13 heteroatoms. The molecule has 0 unspecified atom stereocenters. The number of carbonyl (C=O) groups excluding carboxylic acids is 5. The third kappa shape index (κ3) is 37.8. The Kier molecular flexibility index (Phi) is 35.3. The molecule has 0 N–H and O–H groups in total. The fraction of sp³-hybridized carbons (Fsp3) is 0.506. The van der Waals surface area contributed by atoms with Gasteiger partial charge in [-0.3, -0.25) is 14.4 Å². The topological polar surface area (TPSA) is 166 Å². The van der Waals surface area contributed by atoms with Crippen LogP contribution in [0.15, 0.2) is 150 Å². The molecular formula is C83H120O12S. The molecule has 6 aromatic rings. The summed E-state index contributed by atoms with van der Waals surface area (Å²) in [4.78, 5) is 59.3. The summed E-state index contributed by atoms with van der Waals surface area (Å²) in [6, 6.07) is 46.6. The fourth-order valence-corrected chi connectivity index (χ4v) is 9.57. The molecule has 96 heavy (non-hydrogen) atoms. The van der Waals surface area contributed by atoms with Crippen molar-refractivity contribution in [3.63, 3.8) is 0 Å². The number of esters is 5. The molecule has 0 aliphatic rings. The van der Waals surface area contributed by atoms with E-state index in [1.807, 2.05) is 201 Å². The van der Waals surface area contributed by atoms with Crippen LogP contribution in [0.2, 0.25) is 0 Å². The Balaban J connectivity index is 0.000000577. The predicted octanol–water partition coefficient (Wildman–Crippen LogP) is 20.8. The number of hydrogen-bond donors (Lipinski definition) is 0. The summed E-state index contributed by atoms with van der Waals surface area (Å²) >= 11 is 0. The van der Waals surface area contributed by atoms with Gasteiger partial charge < -0.3 is 23.7 Å². The van der Waals surface area contributed by atoms with Crippen molar-refractivity contribution < 1.29 is 56.1 Å². The Morgan fingerprint density at radius 2 is 0.688 bits per heavy atom. The number of sulfone groups is 1. The molecule has 6 aromatic carbocycles. The number of rotatable bonds is 15. The molecular weight excluding hydrogens is 1220 g/mol. The maximum Gasteiger partial charge on any atom is 0.338 e. The van der Waals surface area contributed by atoms with Gasteiger partial charge in [-0.25, -0.2) is 18.0 Å². The molecule has 0 bridgehead atoms. The second kappa shape index (κ2) is 39.1. The van der Waals surface area contributed by atoms with Gasteiger partial charge in [0.15, 0.2) is 9.84 Å². The van der Waals surface area contributed by atoms with Crippen LogP contribution in [0, 0.1) is 0 Å². The van der Waals surface area contributed by atoms with Crippen molar-refractivity contribution >= 4 is 39.7 Å². The lowest BCUT2D eigenvalue weighted by Gasteiger charge is -2.21. The van der Waals surface area contributed by atoms with Gasteiger partial charge in [0.2, 0.25) is 0 Å². The first kappa shape index (κ1) is 86.6. The molecule has 0 saturated carbocycles. The van der Waals surface area contributed by atoms with E-state index in [1.54, 1.807) is 18.2 Å². The molecule has 0 radical (unpaired) electrons. The third-order valence-corrected chi connectivity index (χ3v) is 14.7. The number of carbonyl (C=O) groups is 5. The highest BCUT2D eigenvalue weighted by Gasteiger charge is 2.23. The van der Waals surface area contributed by atoms with Gasteiger partial charge in [-0.2, -0.15) is 0 Å². The number of hydrogen-bond acceptors (Lipinski definition) is 12. The molecule has 0 saturated heterocycles. The first-order valence-corrected chi connectivity index (χ1v) is 35.6.